The molecule has 0 aliphatic carbocycles. The minimum absolute atomic E-state index is 0.0446. The summed E-state index contributed by atoms with van der Waals surface area (Å²) in [7, 11) is 0. The zero-order chi connectivity index (χ0) is 19.0. The lowest BCUT2D eigenvalue weighted by molar-refractivity contribution is -0.384. The Morgan fingerprint density at radius 1 is 1.28 bits per heavy atom. The summed E-state index contributed by atoms with van der Waals surface area (Å²) in [5, 5.41) is 43.2. The standard InChI is InChI=1S/C16H20N2O7/c1-14(7-8-19)15(2,13(21)17-14)16(22,23)12(20)9-10-3-5-11(6-4-10)18(24)25/h3-6,19,22-23H,7-9H2,1-2H3,(H,17,21). The number of aliphatic hydroxyl groups excluding tert-OH is 1. The van der Waals surface area contributed by atoms with Gasteiger partial charge in [0.2, 0.25) is 11.7 Å². The number of amides is 1. The summed E-state index contributed by atoms with van der Waals surface area (Å²) in [5.41, 5.74) is -2.81. The molecule has 0 radical (unpaired) electrons. The number of aliphatic hydroxyl groups is 3. The molecule has 4 N–H and O–H groups in total. The highest BCUT2D eigenvalue weighted by molar-refractivity contribution is 6.01. The molecule has 0 spiro atoms. The average Bonchev–Trinajstić information content (AvgIpc) is 2.54. The van der Waals surface area contributed by atoms with Crippen LogP contribution in [0.1, 0.15) is 25.8 Å². The van der Waals surface area contributed by atoms with E-state index in [0.717, 1.165) is 0 Å². The second kappa shape index (κ2) is 6.17. The van der Waals surface area contributed by atoms with Crippen LogP contribution in [-0.4, -0.2) is 49.9 Å². The molecule has 0 aromatic heterocycles. The van der Waals surface area contributed by atoms with Crippen molar-refractivity contribution in [2.24, 2.45) is 5.41 Å². The van der Waals surface area contributed by atoms with Crippen molar-refractivity contribution in [3.8, 4) is 0 Å². The number of carbonyl (C=O) groups excluding carboxylic acids is 2. The Morgan fingerprint density at radius 3 is 2.28 bits per heavy atom. The molecule has 25 heavy (non-hydrogen) atoms. The summed E-state index contributed by atoms with van der Waals surface area (Å²) in [4.78, 5) is 34.5. The van der Waals surface area contributed by atoms with Crippen LogP contribution in [-0.2, 0) is 16.0 Å². The number of nitro benzene ring substituents is 1. The quantitative estimate of drug-likeness (QED) is 0.227. The Morgan fingerprint density at radius 2 is 1.84 bits per heavy atom. The maximum atomic E-state index is 12.5. The molecule has 1 saturated heterocycles. The number of nitro groups is 1. The van der Waals surface area contributed by atoms with Crippen LogP contribution in [0.2, 0.25) is 0 Å². The van der Waals surface area contributed by atoms with Gasteiger partial charge >= 0.3 is 0 Å². The number of carbonyl (C=O) groups is 2. The Kier molecular flexibility index (Phi) is 4.69. The number of nitrogens with zero attached hydrogens (tertiary/aromatic N) is 1. The number of benzene rings is 1. The average molecular weight is 352 g/mol. The third-order valence-electron chi connectivity index (χ3n) is 5.16. The fourth-order valence-electron chi connectivity index (χ4n) is 3.09. The molecule has 1 aliphatic heterocycles. The lowest BCUT2D eigenvalue weighted by Gasteiger charge is -2.59. The third kappa shape index (κ3) is 2.80. The van der Waals surface area contributed by atoms with E-state index in [2.05, 4.69) is 5.32 Å². The number of hydrogen-bond donors (Lipinski definition) is 4. The largest absolute Gasteiger partial charge is 0.396 e. The van der Waals surface area contributed by atoms with Crippen LogP contribution in [0, 0.1) is 15.5 Å². The minimum atomic E-state index is -2.96. The topological polar surface area (TPSA) is 150 Å². The van der Waals surface area contributed by atoms with Crippen molar-refractivity contribution in [3.05, 3.63) is 39.9 Å². The molecule has 2 rings (SSSR count). The first-order valence-corrected chi connectivity index (χ1v) is 7.64. The van der Waals surface area contributed by atoms with Gasteiger partial charge in [-0.05, 0) is 25.8 Å². The van der Waals surface area contributed by atoms with Crippen LogP contribution < -0.4 is 5.32 Å². The van der Waals surface area contributed by atoms with Crippen molar-refractivity contribution >= 4 is 17.4 Å². The van der Waals surface area contributed by atoms with E-state index in [9.17, 15) is 29.9 Å². The van der Waals surface area contributed by atoms with Crippen LogP contribution in [0.4, 0.5) is 5.69 Å². The van der Waals surface area contributed by atoms with Crippen molar-refractivity contribution in [1.29, 1.82) is 0 Å². The van der Waals surface area contributed by atoms with Crippen molar-refractivity contribution in [2.75, 3.05) is 6.61 Å². The molecule has 1 aromatic carbocycles. The fraction of sp³-hybridized carbons (Fsp3) is 0.500. The zero-order valence-corrected chi connectivity index (χ0v) is 13.9. The zero-order valence-electron chi connectivity index (χ0n) is 13.9. The highest BCUT2D eigenvalue weighted by atomic mass is 16.6. The Labute approximate surface area is 143 Å². The second-order valence-electron chi connectivity index (χ2n) is 6.58. The number of Topliss-reactive ketones (excluding diaryl/α,β-unsaturated/α-hetero) is 1. The summed E-state index contributed by atoms with van der Waals surface area (Å²) < 4.78 is 0. The van der Waals surface area contributed by atoms with E-state index in [0.29, 0.717) is 5.56 Å². The lowest BCUT2D eigenvalue weighted by Crippen LogP contribution is -2.83. The van der Waals surface area contributed by atoms with Gasteiger partial charge in [-0.1, -0.05) is 12.1 Å². The molecule has 1 aromatic rings. The molecule has 9 heteroatoms. The molecule has 136 valence electrons. The van der Waals surface area contributed by atoms with Gasteiger partial charge in [0.15, 0.2) is 5.78 Å². The number of non-ortho nitro benzene ring substituents is 1. The summed E-state index contributed by atoms with van der Waals surface area (Å²) in [6.07, 6.45) is -0.369. The van der Waals surface area contributed by atoms with Crippen molar-refractivity contribution in [1.82, 2.24) is 5.32 Å². The number of nitrogens with one attached hydrogen (secondary N) is 1. The smallest absolute Gasteiger partial charge is 0.269 e. The predicted molar refractivity (Wildman–Crippen MR) is 85.3 cm³/mol. The van der Waals surface area contributed by atoms with Gasteiger partial charge in [-0.3, -0.25) is 19.7 Å². The molecule has 1 fully saturated rings. The molecule has 2 unspecified atom stereocenters. The normalized spacial score (nSPS) is 25.9. The van der Waals surface area contributed by atoms with E-state index in [1.165, 1.54) is 38.1 Å². The van der Waals surface area contributed by atoms with Crippen molar-refractivity contribution in [3.63, 3.8) is 0 Å². The molecule has 1 aliphatic rings. The maximum absolute atomic E-state index is 12.5. The minimum Gasteiger partial charge on any atom is -0.396 e. The predicted octanol–water partition coefficient (Wildman–Crippen LogP) is -0.335. The van der Waals surface area contributed by atoms with E-state index < -0.39 is 39.8 Å². The molecule has 0 bridgehead atoms. The second-order valence-corrected chi connectivity index (χ2v) is 6.58. The van der Waals surface area contributed by atoms with Crippen LogP contribution in [0.15, 0.2) is 24.3 Å². The van der Waals surface area contributed by atoms with Gasteiger partial charge in [0, 0.05) is 25.2 Å². The molecule has 0 saturated carbocycles. The van der Waals surface area contributed by atoms with Gasteiger partial charge in [-0.2, -0.15) is 0 Å². The summed E-state index contributed by atoms with van der Waals surface area (Å²) in [5.74, 6) is -4.67. The van der Waals surface area contributed by atoms with Crippen LogP contribution in [0.5, 0.6) is 0 Å². The van der Waals surface area contributed by atoms with E-state index in [1.807, 2.05) is 0 Å². The molecule has 1 amide bonds. The van der Waals surface area contributed by atoms with E-state index in [4.69, 9.17) is 5.11 Å². The highest BCUT2D eigenvalue weighted by Gasteiger charge is 2.71. The Hall–Kier alpha value is -2.36. The first-order chi connectivity index (χ1) is 11.5. The van der Waals surface area contributed by atoms with Crippen LogP contribution in [0.25, 0.3) is 0 Å². The van der Waals surface area contributed by atoms with Gasteiger partial charge in [-0.25, -0.2) is 0 Å². The van der Waals surface area contributed by atoms with Crippen LogP contribution >= 0.6 is 0 Å². The third-order valence-corrected chi connectivity index (χ3v) is 5.16. The van der Waals surface area contributed by atoms with Gasteiger partial charge in [-0.15, -0.1) is 0 Å². The van der Waals surface area contributed by atoms with Gasteiger partial charge < -0.3 is 20.6 Å². The molecule has 1 heterocycles. The number of β-lactam (4-membered cyclic amide) rings is 1. The SMILES string of the molecule is CC1(CCO)NC(=O)C1(C)C(O)(O)C(=O)Cc1ccc([N+](=O)[O-])cc1. The van der Waals surface area contributed by atoms with Crippen LogP contribution in [0.3, 0.4) is 0 Å². The summed E-state index contributed by atoms with van der Waals surface area (Å²) in [6, 6.07) is 5.07. The first kappa shape index (κ1) is 19.0. The fourth-order valence-corrected chi connectivity index (χ4v) is 3.09. The molecular formula is C16H20N2O7. The van der Waals surface area contributed by atoms with Gasteiger partial charge in [0.1, 0.15) is 5.41 Å². The number of rotatable bonds is 7. The molecular weight excluding hydrogens is 332 g/mol. The molecule has 9 nitrogen and oxygen atoms in total. The first-order valence-electron chi connectivity index (χ1n) is 7.64. The van der Waals surface area contributed by atoms with Gasteiger partial charge in [0.25, 0.3) is 5.69 Å². The summed E-state index contributed by atoms with van der Waals surface area (Å²) in [6.45, 7) is 2.47. The number of ketones is 1. The Balaban J connectivity index is 2.24. The lowest BCUT2D eigenvalue weighted by atomic mass is 9.57. The molecule has 2 atom stereocenters. The van der Waals surface area contributed by atoms with Crippen molar-refractivity contribution in [2.45, 2.75) is 38.0 Å². The van der Waals surface area contributed by atoms with E-state index >= 15 is 0 Å². The van der Waals surface area contributed by atoms with E-state index in [-0.39, 0.29) is 18.7 Å². The van der Waals surface area contributed by atoms with E-state index in [1.54, 1.807) is 0 Å². The number of hydrogen-bond acceptors (Lipinski definition) is 7. The highest BCUT2D eigenvalue weighted by Crippen LogP contribution is 2.49. The maximum Gasteiger partial charge on any atom is 0.269 e. The van der Waals surface area contributed by atoms with Crippen molar-refractivity contribution < 1.29 is 29.8 Å². The Bertz CT molecular complexity index is 716. The summed E-state index contributed by atoms with van der Waals surface area (Å²) >= 11 is 0. The monoisotopic (exact) mass is 352 g/mol. The van der Waals surface area contributed by atoms with Gasteiger partial charge in [0.05, 0.1) is 10.5 Å².